The van der Waals surface area contributed by atoms with Crippen molar-refractivity contribution in [2.24, 2.45) is 5.73 Å². The van der Waals surface area contributed by atoms with Gasteiger partial charge in [0.15, 0.2) is 0 Å². The Bertz CT molecular complexity index is 721. The fraction of sp³-hybridized carbons (Fsp3) is 0.154. The maximum absolute atomic E-state index is 12.9. The van der Waals surface area contributed by atoms with E-state index in [0.29, 0.717) is 9.26 Å². The van der Waals surface area contributed by atoms with Gasteiger partial charge < -0.3 is 5.73 Å². The van der Waals surface area contributed by atoms with Gasteiger partial charge in [-0.2, -0.15) is 13.2 Å². The zero-order valence-corrected chi connectivity index (χ0v) is 13.4. The van der Waals surface area contributed by atoms with Crippen LogP contribution in [0.25, 0.3) is 0 Å². The molecule has 0 unspecified atom stereocenters. The predicted octanol–water partition coefficient (Wildman–Crippen LogP) is 3.63. The van der Waals surface area contributed by atoms with Gasteiger partial charge in [-0.1, -0.05) is 12.1 Å². The van der Waals surface area contributed by atoms with Crippen LogP contribution in [0, 0.1) is 10.5 Å². The van der Waals surface area contributed by atoms with Crippen molar-refractivity contribution in [2.45, 2.75) is 13.1 Å². The number of carbonyl (C=O) groups is 1. The second kappa shape index (κ2) is 6.07. The Kier molecular flexibility index (Phi) is 4.54. The van der Waals surface area contributed by atoms with E-state index in [1.54, 1.807) is 24.3 Å². The monoisotopic (exact) mass is 422 g/mol. The molecule has 0 aliphatic carbocycles. The normalized spacial score (nSPS) is 11.3. The molecule has 2 rings (SSSR count). The van der Waals surface area contributed by atoms with E-state index in [-0.39, 0.29) is 5.69 Å². The van der Waals surface area contributed by atoms with Gasteiger partial charge in [0, 0.05) is 9.26 Å². The van der Waals surface area contributed by atoms with Crippen molar-refractivity contribution in [3.8, 4) is 0 Å². The van der Waals surface area contributed by atoms with Crippen LogP contribution in [0.15, 0.2) is 30.3 Å². The molecule has 0 aliphatic rings. The van der Waals surface area contributed by atoms with Crippen molar-refractivity contribution < 1.29 is 18.0 Å². The smallest absolute Gasteiger partial charge is 0.351 e. The Morgan fingerprint density at radius 1 is 1.27 bits per heavy atom. The third-order valence-corrected chi connectivity index (χ3v) is 3.56. The zero-order valence-electron chi connectivity index (χ0n) is 11.2. The number of halogens is 4. The number of carbonyl (C=O) groups excluding carboxylic acids is 1. The van der Waals surface area contributed by atoms with Crippen LogP contribution < -0.4 is 10.6 Å². The predicted molar refractivity (Wildman–Crippen MR) is 82.7 cm³/mol. The first kappa shape index (κ1) is 16.5. The number of para-hydroxylation sites is 1. The number of aryl methyl sites for hydroxylation is 1. The fourth-order valence-corrected chi connectivity index (χ4v) is 2.38. The summed E-state index contributed by atoms with van der Waals surface area (Å²) in [6, 6.07) is 6.43. The van der Waals surface area contributed by atoms with Crippen molar-refractivity contribution >= 4 is 40.3 Å². The van der Waals surface area contributed by atoms with Gasteiger partial charge in [-0.3, -0.25) is 0 Å². The highest BCUT2D eigenvalue weighted by Gasteiger charge is 2.34. The minimum absolute atomic E-state index is 0.0783. The molecule has 2 N–H and O–H groups in total. The SMILES string of the molecule is Cc1cc(C(F)(F)F)nc(N(C(N)=O)c2ccccc2I)n1. The van der Waals surface area contributed by atoms with Crippen LogP contribution in [-0.2, 0) is 6.18 Å². The highest BCUT2D eigenvalue weighted by molar-refractivity contribution is 14.1. The van der Waals surface area contributed by atoms with Crippen LogP contribution in [0.3, 0.4) is 0 Å². The lowest BCUT2D eigenvalue weighted by Gasteiger charge is -2.21. The maximum atomic E-state index is 12.9. The molecule has 116 valence electrons. The third kappa shape index (κ3) is 3.46. The van der Waals surface area contributed by atoms with Gasteiger partial charge in [0.25, 0.3) is 0 Å². The molecule has 1 heterocycles. The number of urea groups is 1. The van der Waals surface area contributed by atoms with Crippen molar-refractivity contribution in [2.75, 3.05) is 4.90 Å². The topological polar surface area (TPSA) is 72.1 Å². The molecule has 2 amide bonds. The Balaban J connectivity index is 2.62. The number of alkyl halides is 3. The van der Waals surface area contributed by atoms with Gasteiger partial charge in [0.2, 0.25) is 5.95 Å². The Labute approximate surface area is 137 Å². The number of anilines is 2. The number of aromatic nitrogens is 2. The molecule has 1 aromatic carbocycles. The Hall–Kier alpha value is -1.91. The molecule has 1 aromatic heterocycles. The molecule has 22 heavy (non-hydrogen) atoms. The summed E-state index contributed by atoms with van der Waals surface area (Å²) in [6.07, 6.45) is -4.64. The van der Waals surface area contributed by atoms with Gasteiger partial charge >= 0.3 is 12.2 Å². The summed E-state index contributed by atoms with van der Waals surface area (Å²) in [4.78, 5) is 19.9. The molecule has 0 aliphatic heterocycles. The molecule has 2 aromatic rings. The quantitative estimate of drug-likeness (QED) is 0.752. The van der Waals surface area contributed by atoms with E-state index in [9.17, 15) is 18.0 Å². The van der Waals surface area contributed by atoms with Crippen LogP contribution in [0.4, 0.5) is 29.6 Å². The van der Waals surface area contributed by atoms with Gasteiger partial charge in [0.05, 0.1) is 5.69 Å². The number of hydrogen-bond donors (Lipinski definition) is 1. The average Bonchev–Trinajstić information content (AvgIpc) is 2.39. The molecule has 0 saturated heterocycles. The second-order valence-electron chi connectivity index (χ2n) is 4.32. The van der Waals surface area contributed by atoms with E-state index in [2.05, 4.69) is 9.97 Å². The maximum Gasteiger partial charge on any atom is 0.433 e. The van der Waals surface area contributed by atoms with Crippen molar-refractivity contribution in [1.82, 2.24) is 9.97 Å². The summed E-state index contributed by atoms with van der Waals surface area (Å²) in [5.74, 6) is -0.413. The van der Waals surface area contributed by atoms with E-state index in [0.717, 1.165) is 11.0 Å². The van der Waals surface area contributed by atoms with E-state index in [4.69, 9.17) is 5.73 Å². The summed E-state index contributed by atoms with van der Waals surface area (Å²) in [5, 5.41) is 0. The van der Waals surface area contributed by atoms with E-state index >= 15 is 0 Å². The first-order valence-corrected chi connectivity index (χ1v) is 7.05. The molecule has 0 saturated carbocycles. The van der Waals surface area contributed by atoms with Crippen molar-refractivity contribution in [3.63, 3.8) is 0 Å². The summed E-state index contributed by atoms with van der Waals surface area (Å²) in [7, 11) is 0. The fourth-order valence-electron chi connectivity index (χ4n) is 1.76. The number of nitrogens with two attached hydrogens (primary N) is 1. The summed E-state index contributed by atoms with van der Waals surface area (Å²) in [5.41, 5.74) is 4.56. The molecular formula is C13H10F3IN4O. The number of benzene rings is 1. The number of rotatable bonds is 2. The molecule has 9 heteroatoms. The second-order valence-corrected chi connectivity index (χ2v) is 5.48. The van der Waals surface area contributed by atoms with Crippen molar-refractivity contribution in [3.05, 3.63) is 45.3 Å². The number of primary amides is 1. The Morgan fingerprint density at radius 2 is 1.91 bits per heavy atom. The minimum Gasteiger partial charge on any atom is -0.351 e. The van der Waals surface area contributed by atoms with Crippen LogP contribution in [0.5, 0.6) is 0 Å². The lowest BCUT2D eigenvalue weighted by Crippen LogP contribution is -2.34. The lowest BCUT2D eigenvalue weighted by atomic mass is 10.3. The molecule has 0 radical (unpaired) electrons. The largest absolute Gasteiger partial charge is 0.433 e. The highest BCUT2D eigenvalue weighted by Crippen LogP contribution is 2.32. The third-order valence-electron chi connectivity index (χ3n) is 2.65. The first-order chi connectivity index (χ1) is 10.2. The number of nitrogens with zero attached hydrogens (tertiary/aromatic N) is 3. The van der Waals surface area contributed by atoms with Crippen LogP contribution >= 0.6 is 22.6 Å². The van der Waals surface area contributed by atoms with Crippen molar-refractivity contribution in [1.29, 1.82) is 0 Å². The van der Waals surface area contributed by atoms with Crippen LogP contribution in [0.1, 0.15) is 11.4 Å². The van der Waals surface area contributed by atoms with E-state index in [1.807, 2.05) is 22.6 Å². The molecule has 0 atom stereocenters. The summed E-state index contributed by atoms with van der Waals surface area (Å²) < 4.78 is 39.2. The van der Waals surface area contributed by atoms with E-state index < -0.39 is 23.8 Å². The Morgan fingerprint density at radius 3 is 2.45 bits per heavy atom. The lowest BCUT2D eigenvalue weighted by molar-refractivity contribution is -0.141. The molecule has 0 fully saturated rings. The standard InChI is InChI=1S/C13H10F3IN4O/c1-7-6-10(13(14,15)16)20-12(19-7)21(11(18)22)9-5-3-2-4-8(9)17/h2-6H,1H3,(H2,18,22). The van der Waals surface area contributed by atoms with Gasteiger partial charge in [-0.05, 0) is 47.7 Å². The van der Waals surface area contributed by atoms with Crippen LogP contribution in [-0.4, -0.2) is 16.0 Å². The number of hydrogen-bond acceptors (Lipinski definition) is 3. The molecular weight excluding hydrogens is 412 g/mol. The molecule has 5 nitrogen and oxygen atoms in total. The highest BCUT2D eigenvalue weighted by atomic mass is 127. The van der Waals surface area contributed by atoms with Crippen LogP contribution in [0.2, 0.25) is 0 Å². The van der Waals surface area contributed by atoms with Gasteiger partial charge in [-0.25, -0.2) is 19.7 Å². The average molecular weight is 422 g/mol. The number of amides is 2. The molecule has 0 bridgehead atoms. The molecule has 0 spiro atoms. The minimum atomic E-state index is -4.64. The zero-order chi connectivity index (χ0) is 16.5. The summed E-state index contributed by atoms with van der Waals surface area (Å²) in [6.45, 7) is 1.38. The summed E-state index contributed by atoms with van der Waals surface area (Å²) >= 11 is 1.94. The van der Waals surface area contributed by atoms with Gasteiger partial charge in [0.1, 0.15) is 5.69 Å². The van der Waals surface area contributed by atoms with Gasteiger partial charge in [-0.15, -0.1) is 0 Å². The first-order valence-electron chi connectivity index (χ1n) is 5.97. The van der Waals surface area contributed by atoms with E-state index in [1.165, 1.54) is 6.92 Å².